The molecule has 0 spiro atoms. The highest BCUT2D eigenvalue weighted by molar-refractivity contribution is 9.10. The molecule has 0 amide bonds. The van der Waals surface area contributed by atoms with Gasteiger partial charge in [0.15, 0.2) is 6.10 Å². The van der Waals surface area contributed by atoms with E-state index in [1.165, 1.54) is 6.92 Å². The topological polar surface area (TPSA) is 46.5 Å². The van der Waals surface area contributed by atoms with Crippen LogP contribution in [-0.2, 0) is 4.79 Å². The summed E-state index contributed by atoms with van der Waals surface area (Å²) in [5.41, 5.74) is 2.16. The number of halogens is 1. The van der Waals surface area contributed by atoms with Crippen molar-refractivity contribution in [2.45, 2.75) is 13.0 Å². The molecule has 0 aliphatic heterocycles. The molecular formula is C15H13BrO3. The smallest absolute Gasteiger partial charge is 0.344 e. The zero-order valence-electron chi connectivity index (χ0n) is 10.3. The number of carboxylic acid groups (broad SMARTS) is 1. The summed E-state index contributed by atoms with van der Waals surface area (Å²) < 4.78 is 6.31. The Morgan fingerprint density at radius 2 is 1.53 bits per heavy atom. The fraction of sp³-hybridized carbons (Fsp3) is 0.133. The molecule has 3 nitrogen and oxygen atoms in total. The summed E-state index contributed by atoms with van der Waals surface area (Å²) in [6, 6.07) is 15.4. The van der Waals surface area contributed by atoms with Crippen molar-refractivity contribution in [3.8, 4) is 16.9 Å². The SMILES string of the molecule is C[C@H](Oc1ccc(-c2ccc(Br)cc2)cc1)C(=O)O. The van der Waals surface area contributed by atoms with Gasteiger partial charge in [0, 0.05) is 4.47 Å². The number of rotatable bonds is 4. The van der Waals surface area contributed by atoms with Crippen LogP contribution < -0.4 is 4.74 Å². The Bertz CT molecular complexity index is 561. The lowest BCUT2D eigenvalue weighted by atomic mass is 10.1. The fourth-order valence-corrected chi connectivity index (χ4v) is 1.89. The number of hydrogen-bond acceptors (Lipinski definition) is 2. The average Bonchev–Trinajstić information content (AvgIpc) is 2.40. The van der Waals surface area contributed by atoms with Gasteiger partial charge in [-0.05, 0) is 42.3 Å². The summed E-state index contributed by atoms with van der Waals surface area (Å²) in [4.78, 5) is 10.7. The highest BCUT2D eigenvalue weighted by Gasteiger charge is 2.12. The van der Waals surface area contributed by atoms with Gasteiger partial charge in [-0.25, -0.2) is 4.79 Å². The van der Waals surface area contributed by atoms with Crippen molar-refractivity contribution in [1.29, 1.82) is 0 Å². The van der Waals surface area contributed by atoms with Crippen molar-refractivity contribution in [3.05, 3.63) is 53.0 Å². The molecule has 2 aromatic rings. The highest BCUT2D eigenvalue weighted by Crippen LogP contribution is 2.24. The fourth-order valence-electron chi connectivity index (χ4n) is 1.62. The van der Waals surface area contributed by atoms with Crippen molar-refractivity contribution < 1.29 is 14.6 Å². The molecule has 0 heterocycles. The molecule has 0 saturated heterocycles. The average molecular weight is 321 g/mol. The number of hydrogen-bond donors (Lipinski definition) is 1. The maximum atomic E-state index is 10.7. The molecule has 0 bridgehead atoms. The van der Waals surface area contributed by atoms with E-state index in [-0.39, 0.29) is 0 Å². The van der Waals surface area contributed by atoms with Gasteiger partial charge >= 0.3 is 5.97 Å². The Kier molecular flexibility index (Phi) is 4.22. The van der Waals surface area contributed by atoms with Crippen molar-refractivity contribution in [3.63, 3.8) is 0 Å². The minimum absolute atomic E-state index is 0.552. The zero-order valence-corrected chi connectivity index (χ0v) is 11.9. The molecule has 2 aromatic carbocycles. The zero-order chi connectivity index (χ0) is 13.8. The molecule has 19 heavy (non-hydrogen) atoms. The molecule has 0 aromatic heterocycles. The molecule has 4 heteroatoms. The van der Waals surface area contributed by atoms with Gasteiger partial charge in [0.25, 0.3) is 0 Å². The van der Waals surface area contributed by atoms with E-state index >= 15 is 0 Å². The van der Waals surface area contributed by atoms with Crippen LogP contribution in [0.5, 0.6) is 5.75 Å². The first-order valence-corrected chi connectivity index (χ1v) is 6.61. The van der Waals surface area contributed by atoms with Crippen LogP contribution in [0.2, 0.25) is 0 Å². The molecule has 0 fully saturated rings. The van der Waals surface area contributed by atoms with Gasteiger partial charge in [0.1, 0.15) is 5.75 Å². The van der Waals surface area contributed by atoms with Gasteiger partial charge in [-0.1, -0.05) is 40.2 Å². The molecule has 0 saturated carbocycles. The van der Waals surface area contributed by atoms with Gasteiger partial charge in [0.05, 0.1) is 0 Å². The van der Waals surface area contributed by atoms with Crippen LogP contribution in [-0.4, -0.2) is 17.2 Å². The quantitative estimate of drug-likeness (QED) is 0.927. The van der Waals surface area contributed by atoms with Gasteiger partial charge in [-0.15, -0.1) is 0 Å². The highest BCUT2D eigenvalue weighted by atomic mass is 79.9. The van der Waals surface area contributed by atoms with Crippen molar-refractivity contribution in [2.75, 3.05) is 0 Å². The van der Waals surface area contributed by atoms with E-state index in [0.29, 0.717) is 5.75 Å². The summed E-state index contributed by atoms with van der Waals surface area (Å²) in [6.45, 7) is 1.50. The van der Waals surface area contributed by atoms with Crippen LogP contribution >= 0.6 is 15.9 Å². The van der Waals surface area contributed by atoms with E-state index in [1.807, 2.05) is 36.4 Å². The number of carboxylic acids is 1. The predicted octanol–water partition coefficient (Wildman–Crippen LogP) is 3.97. The maximum Gasteiger partial charge on any atom is 0.344 e. The van der Waals surface area contributed by atoms with Crippen LogP contribution in [0.1, 0.15) is 6.92 Å². The Balaban J connectivity index is 2.14. The Labute approximate surface area is 120 Å². The minimum atomic E-state index is -0.975. The van der Waals surface area contributed by atoms with Gasteiger partial charge < -0.3 is 9.84 Å². The maximum absolute atomic E-state index is 10.7. The predicted molar refractivity (Wildman–Crippen MR) is 77.3 cm³/mol. The first-order valence-electron chi connectivity index (χ1n) is 5.82. The molecule has 1 atom stereocenters. The van der Waals surface area contributed by atoms with E-state index < -0.39 is 12.1 Å². The van der Waals surface area contributed by atoms with E-state index in [9.17, 15) is 4.79 Å². The standard InChI is InChI=1S/C15H13BrO3/c1-10(15(17)18)19-14-8-4-12(5-9-14)11-2-6-13(16)7-3-11/h2-10H,1H3,(H,17,18)/t10-/m0/s1. The molecule has 0 unspecified atom stereocenters. The number of benzene rings is 2. The Morgan fingerprint density at radius 1 is 1.05 bits per heavy atom. The summed E-state index contributed by atoms with van der Waals surface area (Å²) in [7, 11) is 0. The molecule has 2 rings (SSSR count). The summed E-state index contributed by atoms with van der Waals surface area (Å²) in [5.74, 6) is -0.423. The van der Waals surface area contributed by atoms with Gasteiger partial charge in [-0.2, -0.15) is 0 Å². The van der Waals surface area contributed by atoms with E-state index in [4.69, 9.17) is 9.84 Å². The Hall–Kier alpha value is -1.81. The Morgan fingerprint density at radius 3 is 2.00 bits per heavy atom. The first-order chi connectivity index (χ1) is 9.06. The van der Waals surface area contributed by atoms with Crippen LogP contribution in [0, 0.1) is 0 Å². The summed E-state index contributed by atoms with van der Waals surface area (Å²) >= 11 is 3.39. The second-order valence-electron chi connectivity index (χ2n) is 4.13. The van der Waals surface area contributed by atoms with Crippen LogP contribution in [0.25, 0.3) is 11.1 Å². The van der Waals surface area contributed by atoms with Crippen molar-refractivity contribution in [1.82, 2.24) is 0 Å². The lowest BCUT2D eigenvalue weighted by Gasteiger charge is -2.10. The second kappa shape index (κ2) is 5.89. The minimum Gasteiger partial charge on any atom is -0.479 e. The third-order valence-electron chi connectivity index (χ3n) is 2.69. The molecule has 98 valence electrons. The third-order valence-corrected chi connectivity index (χ3v) is 3.22. The first kappa shape index (κ1) is 13.6. The second-order valence-corrected chi connectivity index (χ2v) is 5.05. The molecule has 1 N–H and O–H groups in total. The van der Waals surface area contributed by atoms with Crippen LogP contribution in [0.4, 0.5) is 0 Å². The van der Waals surface area contributed by atoms with Crippen LogP contribution in [0.15, 0.2) is 53.0 Å². The lowest BCUT2D eigenvalue weighted by Crippen LogP contribution is -2.22. The molecular weight excluding hydrogens is 308 g/mol. The largest absolute Gasteiger partial charge is 0.479 e. The van der Waals surface area contributed by atoms with E-state index in [2.05, 4.69) is 15.9 Å². The molecule has 0 aliphatic carbocycles. The van der Waals surface area contributed by atoms with Crippen molar-refractivity contribution >= 4 is 21.9 Å². The normalized spacial score (nSPS) is 11.9. The van der Waals surface area contributed by atoms with Gasteiger partial charge in [0.2, 0.25) is 0 Å². The lowest BCUT2D eigenvalue weighted by molar-refractivity contribution is -0.144. The number of ether oxygens (including phenoxy) is 1. The van der Waals surface area contributed by atoms with E-state index in [0.717, 1.165) is 15.6 Å². The molecule has 0 aliphatic rings. The monoisotopic (exact) mass is 320 g/mol. The van der Waals surface area contributed by atoms with Crippen molar-refractivity contribution in [2.24, 2.45) is 0 Å². The van der Waals surface area contributed by atoms with Gasteiger partial charge in [-0.3, -0.25) is 0 Å². The third kappa shape index (κ3) is 3.58. The number of carbonyl (C=O) groups is 1. The summed E-state index contributed by atoms with van der Waals surface area (Å²) in [6.07, 6.45) is -0.849. The van der Waals surface area contributed by atoms with E-state index in [1.54, 1.807) is 12.1 Å². The van der Waals surface area contributed by atoms with Crippen LogP contribution in [0.3, 0.4) is 0 Å². The number of aliphatic carboxylic acids is 1. The summed E-state index contributed by atoms with van der Waals surface area (Å²) in [5, 5.41) is 8.77. The molecule has 0 radical (unpaired) electrons.